The van der Waals surface area contributed by atoms with E-state index in [2.05, 4.69) is 65.1 Å². The van der Waals surface area contributed by atoms with Crippen molar-refractivity contribution in [3.63, 3.8) is 0 Å². The summed E-state index contributed by atoms with van der Waals surface area (Å²) in [6.45, 7) is 9.29. The molecule has 7 nitrogen and oxygen atoms in total. The minimum atomic E-state index is 0.628. The van der Waals surface area contributed by atoms with Crippen LogP contribution in [0.1, 0.15) is 75.7 Å². The van der Waals surface area contributed by atoms with Gasteiger partial charge in [0, 0.05) is 24.9 Å². The second-order valence-corrected chi connectivity index (χ2v) is 10.3. The normalized spacial score (nSPS) is 11.7. The number of nitrogens with zero attached hydrogens (tertiary/aromatic N) is 4. The monoisotopic (exact) mass is 515 g/mol. The molecule has 2 aromatic carbocycles. The number of nitrogen functional groups attached to an aromatic ring is 1. The minimum Gasteiger partial charge on any atom is -0.330 e. The fourth-order valence-corrected chi connectivity index (χ4v) is 5.20. The predicted molar refractivity (Wildman–Crippen MR) is 160 cm³/mol. The molecule has 5 N–H and O–H groups in total. The Morgan fingerprint density at radius 1 is 0.842 bits per heavy atom. The lowest BCUT2D eigenvalue weighted by Gasteiger charge is -2.22. The third-order valence-electron chi connectivity index (χ3n) is 7.33. The van der Waals surface area contributed by atoms with Gasteiger partial charge in [-0.1, -0.05) is 75.6 Å². The van der Waals surface area contributed by atoms with Gasteiger partial charge in [-0.15, -0.1) is 0 Å². The Kier molecular flexibility index (Phi) is 10.5. The van der Waals surface area contributed by atoms with Crippen LogP contribution in [0.2, 0.25) is 0 Å². The first-order valence-electron chi connectivity index (χ1n) is 14.4. The molecule has 4 rings (SSSR count). The largest absolute Gasteiger partial charge is 0.330 e. The van der Waals surface area contributed by atoms with Crippen LogP contribution in [0, 0.1) is 0 Å². The summed E-state index contributed by atoms with van der Waals surface area (Å²) < 4.78 is 2.37. The SMILES string of the molecule is CCCCCN(CCCCN)Cc1ccc(Cn2c(CCCC)nc3c(NN)nc4ccccc4c32)cc1. The highest BCUT2D eigenvalue weighted by Crippen LogP contribution is 2.31. The highest BCUT2D eigenvalue weighted by atomic mass is 15.3. The van der Waals surface area contributed by atoms with Crippen LogP contribution in [0.4, 0.5) is 5.82 Å². The molecule has 0 saturated carbocycles. The van der Waals surface area contributed by atoms with Crippen LogP contribution in [0.3, 0.4) is 0 Å². The Morgan fingerprint density at radius 3 is 2.26 bits per heavy atom. The summed E-state index contributed by atoms with van der Waals surface area (Å²) in [5.74, 6) is 7.59. The number of benzene rings is 2. The number of imidazole rings is 1. The molecule has 0 atom stereocenters. The average molecular weight is 516 g/mol. The van der Waals surface area contributed by atoms with Gasteiger partial charge in [-0.05, 0) is 62.5 Å². The van der Waals surface area contributed by atoms with Crippen LogP contribution in [0.5, 0.6) is 0 Å². The van der Waals surface area contributed by atoms with Gasteiger partial charge in [0.25, 0.3) is 0 Å². The number of nitrogens with two attached hydrogens (primary N) is 2. The molecule has 7 heteroatoms. The maximum Gasteiger partial charge on any atom is 0.168 e. The average Bonchev–Trinajstić information content (AvgIpc) is 3.30. The van der Waals surface area contributed by atoms with Crippen molar-refractivity contribution in [2.24, 2.45) is 11.6 Å². The number of para-hydroxylation sites is 1. The topological polar surface area (TPSA) is 98.0 Å². The maximum absolute atomic E-state index is 5.88. The summed E-state index contributed by atoms with van der Waals surface area (Å²) in [6, 6.07) is 17.4. The Morgan fingerprint density at radius 2 is 1.55 bits per heavy atom. The Bertz CT molecular complexity index is 1270. The lowest BCUT2D eigenvalue weighted by molar-refractivity contribution is 0.254. The van der Waals surface area contributed by atoms with E-state index < -0.39 is 0 Å². The molecule has 4 aromatic rings. The van der Waals surface area contributed by atoms with E-state index in [0.29, 0.717) is 5.82 Å². The molecular formula is C31H45N7. The first-order chi connectivity index (χ1) is 18.7. The van der Waals surface area contributed by atoms with Gasteiger partial charge >= 0.3 is 0 Å². The van der Waals surface area contributed by atoms with Crippen LogP contribution >= 0.6 is 0 Å². The summed E-state index contributed by atoms with van der Waals surface area (Å²) in [6.07, 6.45) is 9.20. The van der Waals surface area contributed by atoms with Crippen molar-refractivity contribution < 1.29 is 0 Å². The molecule has 0 spiro atoms. The number of anilines is 1. The van der Waals surface area contributed by atoms with Crippen molar-refractivity contribution in [1.82, 2.24) is 19.4 Å². The molecule has 2 aromatic heterocycles. The summed E-state index contributed by atoms with van der Waals surface area (Å²) >= 11 is 0. The molecule has 0 aliphatic carbocycles. The Balaban J connectivity index is 1.60. The van der Waals surface area contributed by atoms with E-state index in [-0.39, 0.29) is 0 Å². The van der Waals surface area contributed by atoms with Gasteiger partial charge in [0.2, 0.25) is 0 Å². The van der Waals surface area contributed by atoms with Crippen molar-refractivity contribution in [2.45, 2.75) is 78.3 Å². The summed E-state index contributed by atoms with van der Waals surface area (Å²) in [7, 11) is 0. The summed E-state index contributed by atoms with van der Waals surface area (Å²) in [5, 5.41) is 1.11. The number of aromatic nitrogens is 3. The molecule has 0 radical (unpaired) electrons. The van der Waals surface area contributed by atoms with Crippen LogP contribution < -0.4 is 17.0 Å². The molecule has 0 aliphatic rings. The zero-order valence-corrected chi connectivity index (χ0v) is 23.3. The first kappa shape index (κ1) is 28.0. The third kappa shape index (κ3) is 6.90. The smallest absolute Gasteiger partial charge is 0.168 e. The molecule has 38 heavy (non-hydrogen) atoms. The standard InChI is InChI=1S/C31H45N7/c1-3-5-10-20-37(21-11-9-19-32)22-24-15-17-25(18-16-24)23-38-28(14-6-4-2)35-29-30(38)26-12-7-8-13-27(26)34-31(29)36-33/h7-8,12-13,15-18H,3-6,9-11,14,19-23,32-33H2,1-2H3,(H,34,36). The molecule has 0 fully saturated rings. The molecular weight excluding hydrogens is 470 g/mol. The minimum absolute atomic E-state index is 0.628. The molecule has 0 unspecified atom stereocenters. The number of hydrogen-bond acceptors (Lipinski definition) is 6. The number of hydrogen-bond donors (Lipinski definition) is 3. The predicted octanol–water partition coefficient (Wildman–Crippen LogP) is 5.99. The molecule has 204 valence electrons. The maximum atomic E-state index is 5.88. The van der Waals surface area contributed by atoms with Gasteiger partial charge in [0.15, 0.2) is 5.82 Å². The Hall–Kier alpha value is -3.00. The Labute approximate surface area is 227 Å². The fraction of sp³-hybridized carbons (Fsp3) is 0.484. The van der Waals surface area contributed by atoms with Crippen LogP contribution in [0.25, 0.3) is 21.9 Å². The number of pyridine rings is 1. The lowest BCUT2D eigenvalue weighted by atomic mass is 10.1. The number of rotatable bonds is 16. The van der Waals surface area contributed by atoms with Gasteiger partial charge in [-0.25, -0.2) is 15.8 Å². The number of aryl methyl sites for hydroxylation is 1. The summed E-state index contributed by atoms with van der Waals surface area (Å²) in [5.41, 5.74) is 14.0. The third-order valence-corrected chi connectivity index (χ3v) is 7.33. The van der Waals surface area contributed by atoms with Gasteiger partial charge in [0.1, 0.15) is 11.3 Å². The first-order valence-corrected chi connectivity index (χ1v) is 14.4. The van der Waals surface area contributed by atoms with Crippen molar-refractivity contribution in [2.75, 3.05) is 25.1 Å². The van der Waals surface area contributed by atoms with Crippen molar-refractivity contribution >= 4 is 27.8 Å². The highest BCUT2D eigenvalue weighted by molar-refractivity contribution is 6.07. The van der Waals surface area contributed by atoms with Crippen molar-refractivity contribution in [1.29, 1.82) is 0 Å². The second kappa shape index (κ2) is 14.2. The van der Waals surface area contributed by atoms with E-state index in [4.69, 9.17) is 21.5 Å². The number of hydrazine groups is 1. The van der Waals surface area contributed by atoms with Crippen LogP contribution in [-0.2, 0) is 19.5 Å². The van der Waals surface area contributed by atoms with Gasteiger partial charge in [-0.2, -0.15) is 0 Å². The quantitative estimate of drug-likeness (QED) is 0.0963. The van der Waals surface area contributed by atoms with Crippen molar-refractivity contribution in [3.05, 3.63) is 65.5 Å². The second-order valence-electron chi connectivity index (χ2n) is 10.3. The molecule has 0 bridgehead atoms. The van der Waals surface area contributed by atoms with Crippen LogP contribution in [0.15, 0.2) is 48.5 Å². The number of nitrogens with one attached hydrogen (secondary N) is 1. The van der Waals surface area contributed by atoms with E-state index >= 15 is 0 Å². The van der Waals surface area contributed by atoms with Gasteiger partial charge < -0.3 is 15.7 Å². The summed E-state index contributed by atoms with van der Waals surface area (Å²) in [4.78, 5) is 12.4. The number of unbranched alkanes of at least 4 members (excludes halogenated alkanes) is 4. The zero-order chi connectivity index (χ0) is 26.7. The molecule has 0 saturated heterocycles. The molecule has 0 amide bonds. The zero-order valence-electron chi connectivity index (χ0n) is 23.3. The highest BCUT2D eigenvalue weighted by Gasteiger charge is 2.18. The van der Waals surface area contributed by atoms with E-state index in [1.807, 2.05) is 12.1 Å². The van der Waals surface area contributed by atoms with E-state index in [9.17, 15) is 0 Å². The van der Waals surface area contributed by atoms with Gasteiger partial charge in [-0.3, -0.25) is 4.90 Å². The lowest BCUT2D eigenvalue weighted by Crippen LogP contribution is -2.26. The molecule has 2 heterocycles. The van der Waals surface area contributed by atoms with E-state index in [1.54, 1.807) is 0 Å². The van der Waals surface area contributed by atoms with Crippen LogP contribution in [-0.4, -0.2) is 39.1 Å². The van der Waals surface area contributed by atoms with E-state index in [1.165, 1.54) is 30.4 Å². The fourth-order valence-electron chi connectivity index (χ4n) is 5.20. The van der Waals surface area contributed by atoms with Gasteiger partial charge in [0.05, 0.1) is 11.0 Å². The van der Waals surface area contributed by atoms with Crippen molar-refractivity contribution in [3.8, 4) is 0 Å². The molecule has 0 aliphatic heterocycles. The van der Waals surface area contributed by atoms with E-state index in [0.717, 1.165) is 92.6 Å². The number of fused-ring (bicyclic) bond motifs is 3.